The molecule has 0 spiro atoms. The van der Waals surface area contributed by atoms with Gasteiger partial charge in [-0.2, -0.15) is 8.78 Å². The summed E-state index contributed by atoms with van der Waals surface area (Å²) in [4.78, 5) is 14.8. The normalized spacial score (nSPS) is 11.0. The van der Waals surface area contributed by atoms with E-state index in [1.807, 2.05) is 0 Å². The second-order valence-corrected chi connectivity index (χ2v) is 3.92. The molecule has 1 amide bonds. The number of aromatic nitrogens is 5. The topological polar surface area (TPSA) is 104 Å². The van der Waals surface area contributed by atoms with Gasteiger partial charge in [0.15, 0.2) is 0 Å². The van der Waals surface area contributed by atoms with E-state index < -0.39 is 6.55 Å². The predicted octanol–water partition coefficient (Wildman–Crippen LogP) is -0.507. The van der Waals surface area contributed by atoms with Gasteiger partial charge >= 0.3 is 6.55 Å². The summed E-state index contributed by atoms with van der Waals surface area (Å²) in [6.07, 6.45) is 4.03. The van der Waals surface area contributed by atoms with Crippen LogP contribution in [0.4, 0.5) is 8.78 Å². The Morgan fingerprint density at radius 3 is 3.00 bits per heavy atom. The van der Waals surface area contributed by atoms with Crippen LogP contribution in [0.2, 0.25) is 0 Å². The second kappa shape index (κ2) is 6.19. The molecular weight excluding hydrogens is 272 g/mol. The molecule has 2 rings (SSSR count). The molecule has 0 aliphatic heterocycles. The zero-order valence-corrected chi connectivity index (χ0v) is 10.4. The van der Waals surface area contributed by atoms with E-state index in [0.29, 0.717) is 5.69 Å². The number of alkyl halides is 2. The van der Waals surface area contributed by atoms with E-state index in [2.05, 4.69) is 20.6 Å². The minimum absolute atomic E-state index is 0.0647. The predicted molar refractivity (Wildman–Crippen MR) is 63.5 cm³/mol. The van der Waals surface area contributed by atoms with Crippen LogP contribution in [0.3, 0.4) is 0 Å². The highest BCUT2D eigenvalue weighted by atomic mass is 19.3. The Morgan fingerprint density at radius 1 is 1.50 bits per heavy atom. The second-order valence-electron chi connectivity index (χ2n) is 3.92. The third kappa shape index (κ3) is 3.35. The molecule has 0 aliphatic carbocycles. The lowest BCUT2D eigenvalue weighted by Crippen LogP contribution is -2.29. The van der Waals surface area contributed by atoms with Crippen LogP contribution < -0.4 is 11.1 Å². The molecule has 0 aromatic carbocycles. The SMILES string of the molecule is NCC(=O)NCc1cn(Cc2nccn2C(F)F)nn1. The molecule has 2 heterocycles. The van der Waals surface area contributed by atoms with Crippen LogP contribution in [-0.4, -0.2) is 37.0 Å². The molecule has 20 heavy (non-hydrogen) atoms. The first-order valence-corrected chi connectivity index (χ1v) is 5.75. The van der Waals surface area contributed by atoms with Crippen LogP contribution >= 0.6 is 0 Å². The Labute approximate surface area is 112 Å². The first-order valence-electron chi connectivity index (χ1n) is 5.75. The first kappa shape index (κ1) is 14.1. The highest BCUT2D eigenvalue weighted by molar-refractivity contribution is 5.77. The maximum atomic E-state index is 12.6. The molecule has 0 saturated carbocycles. The number of hydrogen-bond donors (Lipinski definition) is 2. The zero-order chi connectivity index (χ0) is 14.5. The summed E-state index contributed by atoms with van der Waals surface area (Å²) in [6, 6.07) is 0. The lowest BCUT2D eigenvalue weighted by Gasteiger charge is -2.05. The average molecular weight is 285 g/mol. The van der Waals surface area contributed by atoms with E-state index in [1.165, 1.54) is 17.1 Å². The van der Waals surface area contributed by atoms with Crippen molar-refractivity contribution in [3.63, 3.8) is 0 Å². The van der Waals surface area contributed by atoms with Gasteiger partial charge in [0, 0.05) is 12.4 Å². The molecule has 0 atom stereocenters. The van der Waals surface area contributed by atoms with Crippen LogP contribution in [0.25, 0.3) is 0 Å². The zero-order valence-electron chi connectivity index (χ0n) is 10.4. The van der Waals surface area contributed by atoms with Gasteiger partial charge in [-0.05, 0) is 0 Å². The van der Waals surface area contributed by atoms with E-state index in [9.17, 15) is 13.6 Å². The highest BCUT2D eigenvalue weighted by Crippen LogP contribution is 2.12. The first-order chi connectivity index (χ1) is 9.60. The van der Waals surface area contributed by atoms with Crippen molar-refractivity contribution in [3.8, 4) is 0 Å². The Morgan fingerprint density at radius 2 is 2.30 bits per heavy atom. The molecule has 0 aliphatic rings. The molecule has 2 aromatic heterocycles. The van der Waals surface area contributed by atoms with Crippen molar-refractivity contribution in [3.05, 3.63) is 30.1 Å². The Kier molecular flexibility index (Phi) is 4.35. The maximum Gasteiger partial charge on any atom is 0.319 e. The number of carbonyl (C=O) groups excluding carboxylic acids is 1. The Bertz CT molecular complexity index is 580. The number of hydrogen-bond acceptors (Lipinski definition) is 5. The third-order valence-electron chi connectivity index (χ3n) is 2.50. The molecule has 8 nitrogen and oxygen atoms in total. The standard InChI is InChI=1S/C10H13F2N7O/c11-10(12)19-2-1-14-8(19)6-18-5-7(16-17-18)4-15-9(20)3-13/h1-2,5,10H,3-4,6,13H2,(H,15,20). The van der Waals surface area contributed by atoms with Crippen molar-refractivity contribution in [1.82, 2.24) is 29.9 Å². The summed E-state index contributed by atoms with van der Waals surface area (Å²) in [5, 5.41) is 10.1. The summed E-state index contributed by atoms with van der Waals surface area (Å²) >= 11 is 0. The summed E-state index contributed by atoms with van der Waals surface area (Å²) in [7, 11) is 0. The maximum absolute atomic E-state index is 12.6. The fourth-order valence-corrected chi connectivity index (χ4v) is 1.55. The smallest absolute Gasteiger partial charge is 0.319 e. The van der Waals surface area contributed by atoms with Gasteiger partial charge in [0.2, 0.25) is 5.91 Å². The minimum atomic E-state index is -2.65. The minimum Gasteiger partial charge on any atom is -0.349 e. The lowest BCUT2D eigenvalue weighted by atomic mass is 10.4. The van der Waals surface area contributed by atoms with Crippen molar-refractivity contribution in [2.24, 2.45) is 5.73 Å². The number of amides is 1. The molecule has 0 saturated heterocycles. The van der Waals surface area contributed by atoms with Gasteiger partial charge in [0.1, 0.15) is 18.1 Å². The molecular formula is C10H13F2N7O. The van der Waals surface area contributed by atoms with Crippen molar-refractivity contribution < 1.29 is 13.6 Å². The van der Waals surface area contributed by atoms with Gasteiger partial charge in [-0.1, -0.05) is 5.21 Å². The van der Waals surface area contributed by atoms with Gasteiger partial charge in [0.05, 0.1) is 19.3 Å². The van der Waals surface area contributed by atoms with Crippen LogP contribution in [0, 0.1) is 0 Å². The molecule has 2 aromatic rings. The van der Waals surface area contributed by atoms with Gasteiger partial charge in [-0.3, -0.25) is 9.36 Å². The largest absolute Gasteiger partial charge is 0.349 e. The number of carbonyl (C=O) groups is 1. The summed E-state index contributed by atoms with van der Waals surface area (Å²) in [6.45, 7) is -2.52. The van der Waals surface area contributed by atoms with E-state index >= 15 is 0 Å². The Balaban J connectivity index is 1.99. The molecule has 108 valence electrons. The third-order valence-corrected chi connectivity index (χ3v) is 2.50. The molecule has 10 heteroatoms. The quantitative estimate of drug-likeness (QED) is 0.744. The summed E-state index contributed by atoms with van der Waals surface area (Å²) < 4.78 is 27.4. The fourth-order valence-electron chi connectivity index (χ4n) is 1.55. The van der Waals surface area contributed by atoms with Gasteiger partial charge < -0.3 is 11.1 Å². The molecule has 0 bridgehead atoms. The molecule has 0 radical (unpaired) electrons. The number of nitrogens with two attached hydrogens (primary N) is 1. The molecule has 0 unspecified atom stereocenters. The average Bonchev–Trinajstić information content (AvgIpc) is 3.05. The summed E-state index contributed by atoms with van der Waals surface area (Å²) in [5.41, 5.74) is 5.64. The van der Waals surface area contributed by atoms with Crippen molar-refractivity contribution in [1.29, 1.82) is 0 Å². The van der Waals surface area contributed by atoms with E-state index in [4.69, 9.17) is 5.73 Å². The summed E-state index contributed by atoms with van der Waals surface area (Å²) in [5.74, 6) is -0.143. The van der Waals surface area contributed by atoms with Gasteiger partial charge in [-0.25, -0.2) is 9.67 Å². The number of rotatable bonds is 6. The highest BCUT2D eigenvalue weighted by Gasteiger charge is 2.12. The fraction of sp³-hybridized carbons (Fsp3) is 0.400. The van der Waals surface area contributed by atoms with Gasteiger partial charge in [0.25, 0.3) is 0 Å². The van der Waals surface area contributed by atoms with Crippen molar-refractivity contribution >= 4 is 5.91 Å². The number of nitrogens with one attached hydrogen (secondary N) is 1. The molecule has 0 fully saturated rings. The van der Waals surface area contributed by atoms with E-state index in [0.717, 1.165) is 4.57 Å². The van der Waals surface area contributed by atoms with E-state index in [1.54, 1.807) is 6.20 Å². The number of nitrogens with zero attached hydrogens (tertiary/aromatic N) is 5. The van der Waals surface area contributed by atoms with Gasteiger partial charge in [-0.15, -0.1) is 5.10 Å². The number of halogens is 2. The monoisotopic (exact) mass is 285 g/mol. The van der Waals surface area contributed by atoms with Crippen LogP contribution in [0.15, 0.2) is 18.6 Å². The van der Waals surface area contributed by atoms with Crippen molar-refractivity contribution in [2.75, 3.05) is 6.54 Å². The van der Waals surface area contributed by atoms with Crippen LogP contribution in [0.5, 0.6) is 0 Å². The lowest BCUT2D eigenvalue weighted by molar-refractivity contribution is -0.119. The van der Waals surface area contributed by atoms with Crippen LogP contribution in [-0.2, 0) is 17.9 Å². The molecule has 3 N–H and O–H groups in total. The van der Waals surface area contributed by atoms with Crippen LogP contribution in [0.1, 0.15) is 18.1 Å². The Hall–Kier alpha value is -2.36. The number of imidazole rings is 1. The van der Waals surface area contributed by atoms with Crippen molar-refractivity contribution in [2.45, 2.75) is 19.6 Å². The van der Waals surface area contributed by atoms with E-state index in [-0.39, 0.29) is 31.4 Å².